The second-order valence-electron chi connectivity index (χ2n) is 5.25. The van der Waals surface area contributed by atoms with Crippen LogP contribution in [0.1, 0.15) is 29.3 Å². The first-order chi connectivity index (χ1) is 9.69. The quantitative estimate of drug-likeness (QED) is 0.909. The number of H-pyrrole nitrogens is 1. The van der Waals surface area contributed by atoms with Gasteiger partial charge in [0.2, 0.25) is 5.95 Å². The van der Waals surface area contributed by atoms with Crippen molar-refractivity contribution in [2.24, 2.45) is 0 Å². The molecule has 3 rings (SSSR count). The van der Waals surface area contributed by atoms with Crippen LogP contribution in [0.5, 0.6) is 0 Å². The molecule has 0 saturated carbocycles. The lowest BCUT2D eigenvalue weighted by Crippen LogP contribution is -2.33. The lowest BCUT2D eigenvalue weighted by Gasteiger charge is -2.29. The van der Waals surface area contributed by atoms with E-state index in [1.165, 1.54) is 11.1 Å². The van der Waals surface area contributed by atoms with Crippen LogP contribution in [0.25, 0.3) is 0 Å². The number of nitrogens with zero attached hydrogens (tertiary/aromatic N) is 2. The van der Waals surface area contributed by atoms with Crippen LogP contribution in [0.15, 0.2) is 29.1 Å². The maximum absolute atomic E-state index is 12.1. The molecule has 1 N–H and O–H groups in total. The van der Waals surface area contributed by atoms with Crippen molar-refractivity contribution in [1.29, 1.82) is 0 Å². The molecule has 0 atom stereocenters. The molecule has 0 radical (unpaired) electrons. The molecule has 0 bridgehead atoms. The molecule has 1 aromatic carbocycles. The smallest absolute Gasteiger partial charge is 0.255 e. The summed E-state index contributed by atoms with van der Waals surface area (Å²) in [5.41, 5.74) is 4.33. The summed E-state index contributed by atoms with van der Waals surface area (Å²) in [5, 5.41) is 0. The topological polar surface area (TPSA) is 49.0 Å². The van der Waals surface area contributed by atoms with Crippen molar-refractivity contribution in [3.63, 3.8) is 0 Å². The number of hydrogen-bond acceptors (Lipinski definition) is 3. The van der Waals surface area contributed by atoms with E-state index >= 15 is 0 Å². The standard InChI is InChI=1S/C16H19N3O/c1-3-14-11(2)17-16(18-15(14)20)19-9-8-12-6-4-5-7-13(12)10-19/h4-7H,3,8-10H2,1-2H3,(H,17,18,20). The Morgan fingerprint density at radius 2 is 2.05 bits per heavy atom. The van der Waals surface area contributed by atoms with E-state index in [0.717, 1.165) is 37.2 Å². The first-order valence-electron chi connectivity index (χ1n) is 7.10. The van der Waals surface area contributed by atoms with Crippen LogP contribution in [0.3, 0.4) is 0 Å². The summed E-state index contributed by atoms with van der Waals surface area (Å²) in [6.07, 6.45) is 1.71. The molecule has 0 aliphatic carbocycles. The van der Waals surface area contributed by atoms with Crippen molar-refractivity contribution in [2.45, 2.75) is 33.2 Å². The van der Waals surface area contributed by atoms with Gasteiger partial charge in [0.1, 0.15) is 0 Å². The van der Waals surface area contributed by atoms with Crippen LogP contribution < -0.4 is 10.5 Å². The largest absolute Gasteiger partial charge is 0.338 e. The number of hydrogen-bond donors (Lipinski definition) is 1. The Morgan fingerprint density at radius 1 is 1.30 bits per heavy atom. The van der Waals surface area contributed by atoms with Gasteiger partial charge in [0.25, 0.3) is 5.56 Å². The minimum atomic E-state index is -0.00569. The van der Waals surface area contributed by atoms with Crippen LogP contribution >= 0.6 is 0 Å². The normalized spacial score (nSPS) is 14.2. The molecule has 0 amide bonds. The van der Waals surface area contributed by atoms with E-state index < -0.39 is 0 Å². The van der Waals surface area contributed by atoms with Gasteiger partial charge in [0.15, 0.2) is 0 Å². The summed E-state index contributed by atoms with van der Waals surface area (Å²) in [7, 11) is 0. The fourth-order valence-electron chi connectivity index (χ4n) is 2.84. The molecular weight excluding hydrogens is 250 g/mol. The van der Waals surface area contributed by atoms with Gasteiger partial charge in [-0.1, -0.05) is 31.2 Å². The lowest BCUT2D eigenvalue weighted by molar-refractivity contribution is 0.701. The highest BCUT2D eigenvalue weighted by atomic mass is 16.1. The molecule has 0 saturated heterocycles. The SMILES string of the molecule is CCc1c(C)nc(N2CCc3ccccc3C2)[nH]c1=O. The number of fused-ring (bicyclic) bond motifs is 1. The van der Waals surface area contributed by atoms with Crippen molar-refractivity contribution in [3.8, 4) is 0 Å². The highest BCUT2D eigenvalue weighted by Crippen LogP contribution is 2.21. The van der Waals surface area contributed by atoms with E-state index in [-0.39, 0.29) is 5.56 Å². The Labute approximate surface area is 118 Å². The maximum Gasteiger partial charge on any atom is 0.255 e. The van der Waals surface area contributed by atoms with E-state index in [9.17, 15) is 4.79 Å². The van der Waals surface area contributed by atoms with Gasteiger partial charge in [-0.2, -0.15) is 0 Å². The Hall–Kier alpha value is -2.10. The number of aryl methyl sites for hydroxylation is 1. The molecule has 0 unspecified atom stereocenters. The lowest BCUT2D eigenvalue weighted by atomic mass is 10.0. The Morgan fingerprint density at radius 3 is 2.75 bits per heavy atom. The molecule has 1 aliphatic heterocycles. The second-order valence-corrected chi connectivity index (χ2v) is 5.25. The molecule has 2 aromatic rings. The Balaban J connectivity index is 1.94. The van der Waals surface area contributed by atoms with Gasteiger partial charge in [-0.15, -0.1) is 0 Å². The molecule has 0 spiro atoms. The third-order valence-corrected chi connectivity index (χ3v) is 3.99. The van der Waals surface area contributed by atoms with Crippen molar-refractivity contribution in [3.05, 3.63) is 57.0 Å². The fraction of sp³-hybridized carbons (Fsp3) is 0.375. The van der Waals surface area contributed by atoms with Gasteiger partial charge in [-0.25, -0.2) is 4.98 Å². The zero-order valence-corrected chi connectivity index (χ0v) is 11.9. The summed E-state index contributed by atoms with van der Waals surface area (Å²) < 4.78 is 0. The summed E-state index contributed by atoms with van der Waals surface area (Å²) in [6, 6.07) is 8.46. The molecule has 20 heavy (non-hydrogen) atoms. The molecule has 2 heterocycles. The average Bonchev–Trinajstić information content (AvgIpc) is 2.46. The third-order valence-electron chi connectivity index (χ3n) is 3.99. The zero-order valence-electron chi connectivity index (χ0n) is 11.9. The van der Waals surface area contributed by atoms with E-state index in [0.29, 0.717) is 5.95 Å². The summed E-state index contributed by atoms with van der Waals surface area (Å²) >= 11 is 0. The third kappa shape index (κ3) is 2.22. The molecule has 0 fully saturated rings. The van der Waals surface area contributed by atoms with Gasteiger partial charge < -0.3 is 4.90 Å². The number of rotatable bonds is 2. The second kappa shape index (κ2) is 5.12. The number of aromatic nitrogens is 2. The number of anilines is 1. The first-order valence-corrected chi connectivity index (χ1v) is 7.10. The number of aromatic amines is 1. The number of benzene rings is 1. The molecule has 4 nitrogen and oxygen atoms in total. The Bertz CT molecular complexity index is 690. The molecule has 1 aromatic heterocycles. The van der Waals surface area contributed by atoms with Crippen molar-refractivity contribution in [2.75, 3.05) is 11.4 Å². The highest BCUT2D eigenvalue weighted by Gasteiger charge is 2.18. The van der Waals surface area contributed by atoms with Crippen LogP contribution in [0.2, 0.25) is 0 Å². The van der Waals surface area contributed by atoms with Gasteiger partial charge in [0.05, 0.1) is 0 Å². The van der Waals surface area contributed by atoms with Crippen molar-refractivity contribution in [1.82, 2.24) is 9.97 Å². The van der Waals surface area contributed by atoms with Crippen LogP contribution in [-0.4, -0.2) is 16.5 Å². The molecule has 104 valence electrons. The monoisotopic (exact) mass is 269 g/mol. The summed E-state index contributed by atoms with van der Waals surface area (Å²) in [6.45, 7) is 5.60. The van der Waals surface area contributed by atoms with Gasteiger partial charge in [0, 0.05) is 24.3 Å². The molecule has 1 aliphatic rings. The summed E-state index contributed by atoms with van der Waals surface area (Å²) in [4.78, 5) is 21.7. The minimum Gasteiger partial charge on any atom is -0.338 e. The maximum atomic E-state index is 12.1. The van der Waals surface area contributed by atoms with Gasteiger partial charge >= 0.3 is 0 Å². The summed E-state index contributed by atoms with van der Waals surface area (Å²) in [5.74, 6) is 0.694. The molecule has 4 heteroatoms. The average molecular weight is 269 g/mol. The predicted molar refractivity (Wildman–Crippen MR) is 80.2 cm³/mol. The fourth-order valence-corrected chi connectivity index (χ4v) is 2.84. The van der Waals surface area contributed by atoms with Gasteiger partial charge in [-0.3, -0.25) is 9.78 Å². The van der Waals surface area contributed by atoms with E-state index in [1.54, 1.807) is 0 Å². The van der Waals surface area contributed by atoms with Crippen LogP contribution in [0.4, 0.5) is 5.95 Å². The van der Waals surface area contributed by atoms with E-state index in [1.807, 2.05) is 13.8 Å². The van der Waals surface area contributed by atoms with E-state index in [4.69, 9.17) is 0 Å². The van der Waals surface area contributed by atoms with Crippen LogP contribution in [0, 0.1) is 6.92 Å². The minimum absolute atomic E-state index is 0.00569. The van der Waals surface area contributed by atoms with Crippen molar-refractivity contribution >= 4 is 5.95 Å². The predicted octanol–water partition coefficient (Wildman–Crippen LogP) is 2.20. The van der Waals surface area contributed by atoms with Crippen LogP contribution in [-0.2, 0) is 19.4 Å². The van der Waals surface area contributed by atoms with Gasteiger partial charge in [-0.05, 0) is 30.9 Å². The highest BCUT2D eigenvalue weighted by molar-refractivity contribution is 5.40. The Kier molecular flexibility index (Phi) is 3.30. The first kappa shape index (κ1) is 12.9. The van der Waals surface area contributed by atoms with Crippen molar-refractivity contribution < 1.29 is 0 Å². The number of nitrogens with one attached hydrogen (secondary N) is 1. The molecular formula is C16H19N3O. The zero-order chi connectivity index (χ0) is 14.1. The van der Waals surface area contributed by atoms with E-state index in [2.05, 4.69) is 39.1 Å².